The summed E-state index contributed by atoms with van der Waals surface area (Å²) in [5, 5.41) is 35.7. The van der Waals surface area contributed by atoms with E-state index in [1.165, 1.54) is 7.05 Å². The number of para-hydroxylation sites is 1. The number of rotatable bonds is 11. The van der Waals surface area contributed by atoms with E-state index in [0.29, 0.717) is 43.2 Å². The van der Waals surface area contributed by atoms with Crippen molar-refractivity contribution in [2.75, 3.05) is 37.3 Å². The van der Waals surface area contributed by atoms with E-state index in [1.54, 1.807) is 29.2 Å². The fraction of sp³-hybridized carbons (Fsp3) is 0.382. The molecular formula is C34H37BN10O5. The minimum absolute atomic E-state index is 0.0268. The van der Waals surface area contributed by atoms with Crippen molar-refractivity contribution in [1.29, 1.82) is 0 Å². The lowest BCUT2D eigenvalue weighted by atomic mass is 9.82. The summed E-state index contributed by atoms with van der Waals surface area (Å²) in [4.78, 5) is 43.5. The molecule has 1 aliphatic carbocycles. The van der Waals surface area contributed by atoms with Crippen LogP contribution in [0.3, 0.4) is 0 Å². The molecule has 7 rings (SSSR count). The van der Waals surface area contributed by atoms with E-state index in [-0.39, 0.29) is 52.8 Å². The smallest absolute Gasteiger partial charge is 0.273 e. The number of ether oxygens (including phenoxy) is 1. The average Bonchev–Trinajstić information content (AvgIpc) is 3.87. The van der Waals surface area contributed by atoms with Crippen LogP contribution in [-0.2, 0) is 10.4 Å². The van der Waals surface area contributed by atoms with Crippen LogP contribution >= 0.6 is 0 Å². The molecule has 2 unspecified atom stereocenters. The molecule has 2 radical (unpaired) electrons. The van der Waals surface area contributed by atoms with Gasteiger partial charge in [-0.25, -0.2) is 4.98 Å². The van der Waals surface area contributed by atoms with E-state index in [1.807, 2.05) is 42.9 Å². The highest BCUT2D eigenvalue weighted by molar-refractivity contribution is 6.14. The Morgan fingerprint density at radius 3 is 2.54 bits per heavy atom. The summed E-state index contributed by atoms with van der Waals surface area (Å²) >= 11 is 0. The van der Waals surface area contributed by atoms with Gasteiger partial charge in [-0.3, -0.25) is 24.0 Å². The topological polar surface area (TPSA) is 189 Å². The number of nitrogens with zero attached hydrogens (tertiary/aromatic N) is 6. The number of pyridine rings is 1. The Kier molecular flexibility index (Phi) is 8.74. The molecule has 50 heavy (non-hydrogen) atoms. The number of nitrogens with one attached hydrogen (secondary N) is 4. The van der Waals surface area contributed by atoms with E-state index >= 15 is 0 Å². The van der Waals surface area contributed by atoms with Gasteiger partial charge in [0, 0.05) is 49.8 Å². The highest BCUT2D eigenvalue weighted by Gasteiger charge is 2.44. The van der Waals surface area contributed by atoms with E-state index < -0.39 is 11.5 Å². The molecule has 2 fully saturated rings. The predicted octanol–water partition coefficient (Wildman–Crippen LogP) is 2.61. The molecule has 256 valence electrons. The van der Waals surface area contributed by atoms with E-state index in [4.69, 9.17) is 17.7 Å². The number of carbonyl (C=O) groups excluding carboxylic acids is 3. The number of fused-ring (bicyclic) bond motifs is 3. The maximum absolute atomic E-state index is 12.7. The molecule has 1 saturated carbocycles. The van der Waals surface area contributed by atoms with Crippen molar-refractivity contribution in [2.45, 2.75) is 50.9 Å². The van der Waals surface area contributed by atoms with Gasteiger partial charge in [0.1, 0.15) is 25.3 Å². The van der Waals surface area contributed by atoms with Crippen LogP contribution in [0.2, 0.25) is 0 Å². The Bertz CT molecular complexity index is 1970. The highest BCUT2D eigenvalue weighted by atomic mass is 16.5. The molecule has 16 heteroatoms. The minimum Gasteiger partial charge on any atom is -0.481 e. The lowest BCUT2D eigenvalue weighted by molar-refractivity contribution is -0.117. The van der Waals surface area contributed by atoms with Gasteiger partial charge in [0.05, 0.1) is 35.0 Å². The van der Waals surface area contributed by atoms with Crippen molar-refractivity contribution in [1.82, 2.24) is 40.5 Å². The van der Waals surface area contributed by atoms with Gasteiger partial charge in [0.15, 0.2) is 17.3 Å². The monoisotopic (exact) mass is 676 g/mol. The zero-order valence-electron chi connectivity index (χ0n) is 27.9. The van der Waals surface area contributed by atoms with Crippen LogP contribution in [0.1, 0.15) is 77.6 Å². The normalized spacial score (nSPS) is 18.0. The summed E-state index contributed by atoms with van der Waals surface area (Å²) in [7, 11) is 7.90. The fourth-order valence-electron chi connectivity index (χ4n) is 6.26. The molecule has 5 heterocycles. The second-order valence-electron chi connectivity index (χ2n) is 12.6. The van der Waals surface area contributed by atoms with E-state index in [0.717, 1.165) is 29.7 Å². The molecule has 3 aliphatic rings. The second kappa shape index (κ2) is 13.2. The number of benzene rings is 1. The average molecular weight is 677 g/mol. The van der Waals surface area contributed by atoms with E-state index in [2.05, 4.69) is 36.4 Å². The number of hydrogen-bond donors (Lipinski definition) is 5. The van der Waals surface area contributed by atoms with Crippen LogP contribution in [0.25, 0.3) is 11.1 Å². The van der Waals surface area contributed by atoms with Gasteiger partial charge in [-0.1, -0.05) is 25.1 Å². The molecule has 3 aromatic heterocycles. The molecule has 4 aromatic rings. The number of aliphatic hydroxyl groups is 1. The molecule has 1 saturated heterocycles. The Balaban J connectivity index is 1.14. The standard InChI is InChI=1S/C34H37BN10O5/c1-4-25-29-21(15-38-45(29)19-16-44(17-19)34(35,49)26-11-7-10-23(40-26)32(47)37-5-2)20-8-6-9-22(30(20)50-25)39-24-14-27(41-31(46)18-12-13-18)42-43-28(24)33(48)36-3/h6-11,14-15,18-19,25,49H,4-5,12-13,16-17H2,1-3H3,(H,36,48)(H,37,47)(H2,39,41,42,46). The first kappa shape index (κ1) is 33.2. The van der Waals surface area contributed by atoms with Gasteiger partial charge in [-0.15, -0.1) is 10.2 Å². The second-order valence-corrected chi connectivity index (χ2v) is 12.6. The third kappa shape index (κ3) is 6.04. The SMILES string of the molecule is [B]C(O)(c1cccc(C(=O)NCC)n1)N1CC(n2ncc3c2C(CC)Oc2c(Nc4cc(NC(=O)C5CC5)nnc4C(=O)NC)cccc2-3)C1. The molecule has 15 nitrogen and oxygen atoms in total. The largest absolute Gasteiger partial charge is 0.481 e. The fourth-order valence-corrected chi connectivity index (χ4v) is 6.26. The molecule has 2 aliphatic heterocycles. The van der Waals surface area contributed by atoms with E-state index in [9.17, 15) is 19.5 Å². The summed E-state index contributed by atoms with van der Waals surface area (Å²) in [5.41, 5.74) is 2.08. The zero-order chi connectivity index (χ0) is 35.2. The van der Waals surface area contributed by atoms with Gasteiger partial charge in [0.25, 0.3) is 11.8 Å². The highest BCUT2D eigenvalue weighted by Crippen LogP contribution is 2.49. The summed E-state index contributed by atoms with van der Waals surface area (Å²) in [6, 6.07) is 12.0. The van der Waals surface area contributed by atoms with Crippen molar-refractivity contribution >= 4 is 42.8 Å². The number of amides is 3. The van der Waals surface area contributed by atoms with Crippen molar-refractivity contribution in [3.63, 3.8) is 0 Å². The first-order valence-electron chi connectivity index (χ1n) is 16.7. The Morgan fingerprint density at radius 1 is 1.04 bits per heavy atom. The minimum atomic E-state index is -1.89. The Morgan fingerprint density at radius 2 is 1.82 bits per heavy atom. The van der Waals surface area contributed by atoms with Gasteiger partial charge in [0.2, 0.25) is 5.91 Å². The van der Waals surface area contributed by atoms with Crippen molar-refractivity contribution in [2.24, 2.45) is 5.92 Å². The van der Waals surface area contributed by atoms with Crippen LogP contribution < -0.4 is 26.0 Å². The van der Waals surface area contributed by atoms with Crippen LogP contribution in [0.4, 0.5) is 17.2 Å². The van der Waals surface area contributed by atoms with Crippen LogP contribution in [0.15, 0.2) is 48.7 Å². The maximum atomic E-state index is 12.7. The molecule has 0 spiro atoms. The van der Waals surface area contributed by atoms with Gasteiger partial charge >= 0.3 is 0 Å². The molecule has 2 atom stereocenters. The summed E-state index contributed by atoms with van der Waals surface area (Å²) < 4.78 is 8.58. The molecule has 5 N–H and O–H groups in total. The molecule has 0 bridgehead atoms. The Hall–Kier alpha value is -5.35. The number of anilines is 3. The van der Waals surface area contributed by atoms with Gasteiger partial charge in [-0.05, 0) is 44.4 Å². The number of hydrogen-bond acceptors (Lipinski definition) is 11. The predicted molar refractivity (Wildman–Crippen MR) is 184 cm³/mol. The Labute approximate surface area is 289 Å². The summed E-state index contributed by atoms with van der Waals surface area (Å²) in [6.45, 7) is 5.06. The number of aromatic nitrogens is 5. The lowest BCUT2D eigenvalue weighted by Gasteiger charge is -2.48. The number of carbonyl (C=O) groups is 3. The maximum Gasteiger partial charge on any atom is 0.273 e. The lowest BCUT2D eigenvalue weighted by Crippen LogP contribution is -2.59. The molecular weight excluding hydrogens is 639 g/mol. The zero-order valence-corrected chi connectivity index (χ0v) is 27.9. The summed E-state index contributed by atoms with van der Waals surface area (Å²) in [6.07, 6.45) is 3.77. The van der Waals surface area contributed by atoms with Crippen molar-refractivity contribution < 1.29 is 24.2 Å². The van der Waals surface area contributed by atoms with Crippen molar-refractivity contribution in [3.05, 3.63) is 71.4 Å². The molecule has 1 aromatic carbocycles. The van der Waals surface area contributed by atoms with Crippen molar-refractivity contribution in [3.8, 4) is 16.9 Å². The quantitative estimate of drug-likeness (QED) is 0.147. The third-order valence-electron chi connectivity index (χ3n) is 9.17. The van der Waals surface area contributed by atoms with Gasteiger partial charge in [-0.2, -0.15) is 5.10 Å². The third-order valence-corrected chi connectivity index (χ3v) is 9.17. The number of likely N-dealkylation sites (tertiary alicyclic amines) is 1. The first-order chi connectivity index (χ1) is 24.1. The van der Waals surface area contributed by atoms with Crippen LogP contribution in [0, 0.1) is 5.92 Å². The first-order valence-corrected chi connectivity index (χ1v) is 16.7. The van der Waals surface area contributed by atoms with Crippen LogP contribution in [0.5, 0.6) is 5.75 Å². The van der Waals surface area contributed by atoms with Crippen LogP contribution in [-0.4, -0.2) is 87.2 Å². The van der Waals surface area contributed by atoms with Gasteiger partial charge < -0.3 is 31.1 Å². The molecule has 3 amide bonds. The summed E-state index contributed by atoms with van der Waals surface area (Å²) in [5.74, 6) is -0.111.